The van der Waals surface area contributed by atoms with E-state index in [-0.39, 0.29) is 36.1 Å². The summed E-state index contributed by atoms with van der Waals surface area (Å²) in [6, 6.07) is 0. The number of carbonyl (C=O) groups excluding carboxylic acids is 1. The second-order valence-electron chi connectivity index (χ2n) is 1.37. The first-order chi connectivity index (χ1) is 4.16. The monoisotopic (exact) mass is 156 g/mol. The molecule has 6 heteroatoms. The van der Waals surface area contributed by atoms with Crippen molar-refractivity contribution >= 4 is 34.9 Å². The molecule has 0 rings (SSSR count). The van der Waals surface area contributed by atoms with Gasteiger partial charge in [-0.1, -0.05) is 0 Å². The van der Waals surface area contributed by atoms with Crippen LogP contribution < -0.4 is 11.1 Å². The van der Waals surface area contributed by atoms with E-state index in [0.29, 0.717) is 0 Å². The van der Waals surface area contributed by atoms with Crippen molar-refractivity contribution in [3.63, 3.8) is 0 Å². The van der Waals surface area contributed by atoms with Crippen molar-refractivity contribution in [3.8, 4) is 0 Å². The SMILES string of the molecule is NCC(=O)NCC(=O)O.[Mg]. The molecule has 0 aliphatic carbocycles. The molecule has 0 atom stereocenters. The van der Waals surface area contributed by atoms with E-state index in [0.717, 1.165) is 0 Å². The molecule has 1 amide bonds. The highest BCUT2D eigenvalue weighted by Gasteiger charge is 1.98. The maximum atomic E-state index is 10.2. The van der Waals surface area contributed by atoms with Crippen LogP contribution in [0.5, 0.6) is 0 Å². The van der Waals surface area contributed by atoms with Crippen LogP contribution in [-0.4, -0.2) is 53.1 Å². The lowest BCUT2D eigenvalue weighted by Crippen LogP contribution is -2.34. The van der Waals surface area contributed by atoms with Gasteiger partial charge in [-0.2, -0.15) is 0 Å². The zero-order chi connectivity index (χ0) is 7.28. The van der Waals surface area contributed by atoms with Gasteiger partial charge in [-0.15, -0.1) is 0 Å². The number of carboxylic acids is 1. The number of hydrogen-bond acceptors (Lipinski definition) is 3. The van der Waals surface area contributed by atoms with Gasteiger partial charge in [-0.3, -0.25) is 9.59 Å². The van der Waals surface area contributed by atoms with Crippen molar-refractivity contribution < 1.29 is 14.7 Å². The van der Waals surface area contributed by atoms with Gasteiger partial charge in [-0.05, 0) is 0 Å². The van der Waals surface area contributed by atoms with E-state index < -0.39 is 11.9 Å². The van der Waals surface area contributed by atoms with E-state index in [2.05, 4.69) is 5.32 Å². The average molecular weight is 156 g/mol. The van der Waals surface area contributed by atoms with Gasteiger partial charge in [-0.25, -0.2) is 0 Å². The predicted octanol–water partition coefficient (Wildman–Crippen LogP) is -2.23. The minimum absolute atomic E-state index is 0. The number of carbonyl (C=O) groups is 2. The predicted molar refractivity (Wildman–Crippen MR) is 35.5 cm³/mol. The fourth-order valence-corrected chi connectivity index (χ4v) is 0.246. The van der Waals surface area contributed by atoms with Crippen molar-refractivity contribution in [2.75, 3.05) is 13.1 Å². The maximum absolute atomic E-state index is 10.2. The molecular formula is C4H8MgN2O3. The van der Waals surface area contributed by atoms with E-state index in [4.69, 9.17) is 10.8 Å². The summed E-state index contributed by atoms with van der Waals surface area (Å²) in [7, 11) is 0. The Morgan fingerprint density at radius 2 is 2.00 bits per heavy atom. The lowest BCUT2D eigenvalue weighted by molar-refractivity contribution is -0.137. The molecule has 0 heterocycles. The quantitative estimate of drug-likeness (QED) is 0.403. The third kappa shape index (κ3) is 7.67. The van der Waals surface area contributed by atoms with Crippen LogP contribution in [0.15, 0.2) is 0 Å². The normalized spacial score (nSPS) is 7.70. The Kier molecular flexibility index (Phi) is 8.38. The highest BCUT2D eigenvalue weighted by Crippen LogP contribution is 1.60. The lowest BCUT2D eigenvalue weighted by Gasteiger charge is -1.95. The molecule has 0 aromatic heterocycles. The average Bonchev–Trinajstić information content (AvgIpc) is 1.83. The van der Waals surface area contributed by atoms with E-state index in [1.807, 2.05) is 0 Å². The molecule has 5 nitrogen and oxygen atoms in total. The van der Waals surface area contributed by atoms with E-state index >= 15 is 0 Å². The van der Waals surface area contributed by atoms with Gasteiger partial charge in [0.25, 0.3) is 0 Å². The van der Waals surface area contributed by atoms with Crippen LogP contribution in [-0.2, 0) is 9.59 Å². The maximum Gasteiger partial charge on any atom is 0.322 e. The molecule has 0 saturated heterocycles. The summed E-state index contributed by atoms with van der Waals surface area (Å²) in [5.41, 5.74) is 4.85. The van der Waals surface area contributed by atoms with Crippen LogP contribution in [0.2, 0.25) is 0 Å². The first kappa shape index (κ1) is 12.4. The van der Waals surface area contributed by atoms with Gasteiger partial charge in [0.05, 0.1) is 6.54 Å². The van der Waals surface area contributed by atoms with Crippen molar-refractivity contribution in [1.29, 1.82) is 0 Å². The third-order valence-electron chi connectivity index (χ3n) is 0.622. The first-order valence-electron chi connectivity index (χ1n) is 2.35. The second-order valence-corrected chi connectivity index (χ2v) is 1.37. The number of aliphatic carboxylic acids is 1. The Morgan fingerprint density at radius 3 is 2.30 bits per heavy atom. The minimum Gasteiger partial charge on any atom is -0.480 e. The molecule has 10 heavy (non-hydrogen) atoms. The van der Waals surface area contributed by atoms with E-state index in [1.165, 1.54) is 0 Å². The summed E-state index contributed by atoms with van der Waals surface area (Å²) in [6.45, 7) is -0.538. The zero-order valence-electron chi connectivity index (χ0n) is 5.46. The van der Waals surface area contributed by atoms with E-state index in [1.54, 1.807) is 0 Å². The van der Waals surface area contributed by atoms with Crippen LogP contribution in [0.4, 0.5) is 0 Å². The molecular weight excluding hydrogens is 148 g/mol. The second kappa shape index (κ2) is 6.78. The Bertz CT molecular complexity index is 128. The number of amides is 1. The van der Waals surface area contributed by atoms with Gasteiger partial charge in [0, 0.05) is 23.1 Å². The molecule has 4 N–H and O–H groups in total. The molecule has 0 spiro atoms. The highest BCUT2D eigenvalue weighted by molar-refractivity contribution is 5.82. The summed E-state index contributed by atoms with van der Waals surface area (Å²) in [6.07, 6.45) is 0. The molecule has 0 aromatic rings. The molecule has 54 valence electrons. The first-order valence-corrected chi connectivity index (χ1v) is 2.35. The Labute approximate surface area is 74.1 Å². The third-order valence-corrected chi connectivity index (χ3v) is 0.622. The fourth-order valence-electron chi connectivity index (χ4n) is 0.246. The minimum atomic E-state index is -1.07. The number of rotatable bonds is 3. The van der Waals surface area contributed by atoms with Crippen LogP contribution in [0.25, 0.3) is 0 Å². The van der Waals surface area contributed by atoms with Crippen molar-refractivity contribution in [2.45, 2.75) is 0 Å². The number of nitrogens with two attached hydrogens (primary N) is 1. The molecule has 0 saturated carbocycles. The Balaban J connectivity index is 0. The smallest absolute Gasteiger partial charge is 0.322 e. The summed E-state index contributed by atoms with van der Waals surface area (Å²) in [5, 5.41) is 10.1. The fraction of sp³-hybridized carbons (Fsp3) is 0.500. The summed E-state index contributed by atoms with van der Waals surface area (Å²) in [4.78, 5) is 20.0. The van der Waals surface area contributed by atoms with Gasteiger partial charge >= 0.3 is 5.97 Å². The number of nitrogens with one attached hydrogen (secondary N) is 1. The molecule has 0 aromatic carbocycles. The van der Waals surface area contributed by atoms with Gasteiger partial charge in [0.2, 0.25) is 5.91 Å². The molecule has 2 radical (unpaired) electrons. The van der Waals surface area contributed by atoms with Crippen LogP contribution in [0, 0.1) is 0 Å². The summed E-state index contributed by atoms with van der Waals surface area (Å²) < 4.78 is 0. The van der Waals surface area contributed by atoms with Gasteiger partial charge in [0.1, 0.15) is 6.54 Å². The Hall–Kier alpha value is -0.334. The standard InChI is InChI=1S/C4H8N2O3.Mg/c5-1-3(7)6-2-4(8)9;/h1-2,5H2,(H,6,7)(H,8,9);. The number of carboxylic acid groups (broad SMARTS) is 1. The molecule has 0 aliphatic rings. The molecule has 0 unspecified atom stereocenters. The van der Waals surface area contributed by atoms with Crippen molar-refractivity contribution in [3.05, 3.63) is 0 Å². The van der Waals surface area contributed by atoms with Gasteiger partial charge < -0.3 is 16.2 Å². The summed E-state index contributed by atoms with van der Waals surface area (Å²) >= 11 is 0. The van der Waals surface area contributed by atoms with Crippen LogP contribution in [0.1, 0.15) is 0 Å². The zero-order valence-corrected chi connectivity index (χ0v) is 6.88. The molecule has 0 bridgehead atoms. The largest absolute Gasteiger partial charge is 0.480 e. The van der Waals surface area contributed by atoms with Crippen LogP contribution >= 0.6 is 0 Å². The Morgan fingerprint density at radius 1 is 1.50 bits per heavy atom. The van der Waals surface area contributed by atoms with Gasteiger partial charge in [0.15, 0.2) is 0 Å². The highest BCUT2D eigenvalue weighted by atomic mass is 24.3. The summed E-state index contributed by atoms with van der Waals surface area (Å²) in [5.74, 6) is -1.53. The van der Waals surface area contributed by atoms with Crippen molar-refractivity contribution in [2.24, 2.45) is 5.73 Å². The lowest BCUT2D eigenvalue weighted by atomic mass is 10.5. The van der Waals surface area contributed by atoms with E-state index in [9.17, 15) is 9.59 Å². The molecule has 0 fully saturated rings. The topological polar surface area (TPSA) is 92.4 Å². The molecule has 0 aliphatic heterocycles. The van der Waals surface area contributed by atoms with Crippen LogP contribution in [0.3, 0.4) is 0 Å². The van der Waals surface area contributed by atoms with Crippen molar-refractivity contribution in [1.82, 2.24) is 5.32 Å². The number of hydrogen-bond donors (Lipinski definition) is 3.